The summed E-state index contributed by atoms with van der Waals surface area (Å²) in [5.74, 6) is 0.0430. The van der Waals surface area contributed by atoms with Gasteiger partial charge < -0.3 is 10.5 Å². The van der Waals surface area contributed by atoms with Crippen molar-refractivity contribution >= 4 is 11.8 Å². The summed E-state index contributed by atoms with van der Waals surface area (Å²) in [6.07, 6.45) is 4.37. The minimum absolute atomic E-state index is 0.168. The van der Waals surface area contributed by atoms with Gasteiger partial charge in [-0.25, -0.2) is 0 Å². The predicted molar refractivity (Wildman–Crippen MR) is 87.1 cm³/mol. The molecule has 6 nitrogen and oxygen atoms in total. The zero-order valence-corrected chi connectivity index (χ0v) is 14.6. The Kier molecular flexibility index (Phi) is 5.95. The lowest BCUT2D eigenvalue weighted by molar-refractivity contribution is -0.322. The number of amides is 2. The fourth-order valence-corrected chi connectivity index (χ4v) is 2.83. The summed E-state index contributed by atoms with van der Waals surface area (Å²) in [6, 6.07) is -0.168. The van der Waals surface area contributed by atoms with E-state index in [1.54, 1.807) is 0 Å². The number of nitrogens with zero attached hydrogens (tertiary/aromatic N) is 1. The average Bonchev–Trinajstić information content (AvgIpc) is 2.43. The second-order valence-electron chi connectivity index (χ2n) is 7.63. The Labute approximate surface area is 138 Å². The number of hydrogen-bond acceptors (Lipinski definition) is 4. The molecule has 2 fully saturated rings. The third-order valence-corrected chi connectivity index (χ3v) is 4.78. The lowest BCUT2D eigenvalue weighted by Crippen LogP contribution is -2.58. The molecule has 0 aromatic carbocycles. The van der Waals surface area contributed by atoms with Gasteiger partial charge in [0.15, 0.2) is 0 Å². The molecule has 2 amide bonds. The van der Waals surface area contributed by atoms with Crippen LogP contribution in [0.2, 0.25) is 0 Å². The topological polar surface area (TPSA) is 86.3 Å². The molecule has 2 aliphatic rings. The molecule has 0 spiro atoms. The lowest BCUT2D eigenvalue weighted by atomic mass is 9.92. The van der Waals surface area contributed by atoms with E-state index in [1.165, 1.54) is 6.08 Å². The number of carbonyl (C=O) groups is 2. The minimum atomic E-state index is -0.368. The molecule has 6 heteroatoms. The van der Waals surface area contributed by atoms with Crippen molar-refractivity contribution in [3.63, 3.8) is 0 Å². The van der Waals surface area contributed by atoms with Gasteiger partial charge in [-0.3, -0.25) is 19.8 Å². The fourth-order valence-electron chi connectivity index (χ4n) is 2.83. The van der Waals surface area contributed by atoms with Gasteiger partial charge in [0.25, 0.3) is 5.91 Å². The van der Waals surface area contributed by atoms with Gasteiger partial charge in [0.2, 0.25) is 5.91 Å². The summed E-state index contributed by atoms with van der Waals surface area (Å²) in [5.41, 5.74) is 4.44. The second kappa shape index (κ2) is 7.55. The number of ether oxygens (including phenoxy) is 1. The number of quaternary nitrogens is 1. The van der Waals surface area contributed by atoms with Gasteiger partial charge in [-0.2, -0.15) is 0 Å². The summed E-state index contributed by atoms with van der Waals surface area (Å²) in [5, 5.41) is 2.49. The largest absolute Gasteiger partial charge is 0.381 e. The highest BCUT2D eigenvalue weighted by atomic mass is 16.5. The number of nitrogens with one attached hydrogen (secondary N) is 1. The molecule has 0 radical (unpaired) electrons. The molecule has 2 heterocycles. The van der Waals surface area contributed by atoms with Crippen LogP contribution in [0.25, 0.3) is 0 Å². The van der Waals surface area contributed by atoms with Gasteiger partial charge in [-0.1, -0.05) is 20.8 Å². The molecule has 0 aromatic rings. The van der Waals surface area contributed by atoms with Crippen LogP contribution in [0, 0.1) is 11.3 Å². The third-order valence-electron chi connectivity index (χ3n) is 4.78. The van der Waals surface area contributed by atoms with Crippen molar-refractivity contribution in [1.29, 1.82) is 0 Å². The van der Waals surface area contributed by atoms with Crippen LogP contribution in [0.15, 0.2) is 11.8 Å². The molecule has 23 heavy (non-hydrogen) atoms. The summed E-state index contributed by atoms with van der Waals surface area (Å²) in [4.78, 5) is 26.4. The first kappa shape index (κ1) is 18.1. The monoisotopic (exact) mass is 324 g/mol. The molecule has 0 aromatic heterocycles. The van der Waals surface area contributed by atoms with Gasteiger partial charge in [-0.15, -0.1) is 0 Å². The van der Waals surface area contributed by atoms with Crippen molar-refractivity contribution in [2.24, 2.45) is 11.3 Å². The Morgan fingerprint density at radius 1 is 1.26 bits per heavy atom. The molecule has 130 valence electrons. The van der Waals surface area contributed by atoms with Crippen molar-refractivity contribution in [2.45, 2.75) is 46.1 Å². The molecular weight excluding hydrogens is 294 g/mol. The molecule has 4 N–H and O–H groups in total. The number of rotatable bonds is 4. The van der Waals surface area contributed by atoms with Crippen molar-refractivity contribution < 1.29 is 20.1 Å². The van der Waals surface area contributed by atoms with Crippen LogP contribution in [0.1, 0.15) is 40.0 Å². The summed E-state index contributed by atoms with van der Waals surface area (Å²) < 4.78 is 5.37. The maximum atomic E-state index is 12.3. The molecule has 0 unspecified atom stereocenters. The van der Waals surface area contributed by atoms with Crippen LogP contribution in [-0.2, 0) is 14.3 Å². The van der Waals surface area contributed by atoms with Gasteiger partial charge >= 0.3 is 0 Å². The van der Waals surface area contributed by atoms with E-state index in [4.69, 9.17) is 4.74 Å². The molecule has 2 rings (SSSR count). The second-order valence-corrected chi connectivity index (χ2v) is 7.63. The SMILES string of the molecule is CC(C)(C)C([NH3+])=CC(=O)NC(=O)[C@@H]1CCN1CC1CCOCC1. The highest BCUT2D eigenvalue weighted by Gasteiger charge is 2.36. The van der Waals surface area contributed by atoms with E-state index in [0.29, 0.717) is 5.92 Å². The van der Waals surface area contributed by atoms with Gasteiger partial charge in [-0.05, 0) is 25.2 Å². The first-order valence-electron chi connectivity index (χ1n) is 8.48. The van der Waals surface area contributed by atoms with E-state index in [-0.39, 0.29) is 23.3 Å². The molecule has 1 atom stereocenters. The summed E-state index contributed by atoms with van der Waals surface area (Å²) >= 11 is 0. The van der Waals surface area contributed by atoms with Gasteiger partial charge in [0.1, 0.15) is 5.70 Å². The number of allylic oxidation sites excluding steroid dienone is 1. The van der Waals surface area contributed by atoms with Crippen molar-refractivity contribution in [1.82, 2.24) is 10.2 Å². The third kappa shape index (κ3) is 5.12. The van der Waals surface area contributed by atoms with Crippen LogP contribution in [0.5, 0.6) is 0 Å². The fraction of sp³-hybridized carbons (Fsp3) is 0.765. The van der Waals surface area contributed by atoms with Crippen LogP contribution >= 0.6 is 0 Å². The van der Waals surface area contributed by atoms with E-state index in [9.17, 15) is 9.59 Å². The molecule has 2 aliphatic heterocycles. The van der Waals surface area contributed by atoms with Crippen LogP contribution < -0.4 is 11.1 Å². The Hall–Kier alpha value is -1.24. The molecule has 0 bridgehead atoms. The molecular formula is C17H30N3O3+. The maximum Gasteiger partial charge on any atom is 0.256 e. The summed E-state index contributed by atoms with van der Waals surface area (Å²) in [7, 11) is 0. The minimum Gasteiger partial charge on any atom is -0.381 e. The van der Waals surface area contributed by atoms with E-state index in [1.807, 2.05) is 20.8 Å². The number of likely N-dealkylation sites (tertiary alicyclic amines) is 1. The Balaban J connectivity index is 1.82. The molecule has 2 saturated heterocycles. The number of hydrogen-bond donors (Lipinski definition) is 2. The Morgan fingerprint density at radius 2 is 1.91 bits per heavy atom. The maximum absolute atomic E-state index is 12.3. The first-order valence-corrected chi connectivity index (χ1v) is 8.48. The highest BCUT2D eigenvalue weighted by molar-refractivity contribution is 6.03. The standard InChI is InChI=1S/C17H29N3O3/c1-17(2,3)14(18)10-15(21)19-16(22)13-4-7-20(13)11-12-5-8-23-9-6-12/h10,12-13H,4-9,11,18H2,1-3H3,(H,19,21,22)/p+1/t13-/m0/s1. The van der Waals surface area contributed by atoms with E-state index >= 15 is 0 Å². The van der Waals surface area contributed by atoms with Crippen molar-refractivity contribution in [2.75, 3.05) is 26.3 Å². The molecule has 0 aliphatic carbocycles. The number of carbonyl (C=O) groups excluding carboxylic acids is 2. The van der Waals surface area contributed by atoms with Gasteiger partial charge in [0.05, 0.1) is 12.1 Å². The average molecular weight is 324 g/mol. The quantitative estimate of drug-likeness (QED) is 0.728. The zero-order chi connectivity index (χ0) is 17.0. The smallest absolute Gasteiger partial charge is 0.256 e. The normalized spacial score (nSPS) is 24.2. The zero-order valence-electron chi connectivity index (χ0n) is 14.6. The lowest BCUT2D eigenvalue weighted by Gasteiger charge is -2.42. The van der Waals surface area contributed by atoms with Crippen molar-refractivity contribution in [3.05, 3.63) is 11.8 Å². The van der Waals surface area contributed by atoms with Crippen LogP contribution in [0.4, 0.5) is 0 Å². The van der Waals surface area contributed by atoms with Gasteiger partial charge in [0, 0.05) is 31.7 Å². The Bertz CT molecular complexity index is 476. The van der Waals surface area contributed by atoms with E-state index < -0.39 is 0 Å². The van der Waals surface area contributed by atoms with Crippen LogP contribution in [-0.4, -0.2) is 49.1 Å². The highest BCUT2D eigenvalue weighted by Crippen LogP contribution is 2.24. The first-order chi connectivity index (χ1) is 10.8. The van der Waals surface area contributed by atoms with E-state index in [0.717, 1.165) is 51.3 Å². The van der Waals surface area contributed by atoms with Crippen molar-refractivity contribution in [3.8, 4) is 0 Å². The van der Waals surface area contributed by atoms with E-state index in [2.05, 4.69) is 16.0 Å². The summed E-state index contributed by atoms with van der Waals surface area (Å²) in [6.45, 7) is 9.46. The van der Waals surface area contributed by atoms with Crippen LogP contribution in [0.3, 0.4) is 0 Å². The molecule has 0 saturated carbocycles. The Morgan fingerprint density at radius 3 is 2.43 bits per heavy atom. The predicted octanol–water partition coefficient (Wildman–Crippen LogP) is 0.302. The number of imide groups is 1.